The Morgan fingerprint density at radius 3 is 2.57 bits per heavy atom. The summed E-state index contributed by atoms with van der Waals surface area (Å²) in [6.45, 7) is 0. The standard InChI is InChI=1S/C14H16N4O3/c1-16-14(19)12-13(15)17-7-9(18-12)8-4-5-10(20-2)11(6-8)21-3/h4-7H,1-3H3,(H2,15,17)(H,16,19). The Hall–Kier alpha value is -2.83. The van der Waals surface area contributed by atoms with Crippen LogP contribution in [-0.2, 0) is 0 Å². The molecule has 0 saturated carbocycles. The Labute approximate surface area is 122 Å². The average Bonchev–Trinajstić information content (AvgIpc) is 2.53. The molecule has 2 rings (SSSR count). The van der Waals surface area contributed by atoms with Gasteiger partial charge in [-0.1, -0.05) is 0 Å². The van der Waals surface area contributed by atoms with Crippen molar-refractivity contribution in [2.45, 2.75) is 0 Å². The van der Waals surface area contributed by atoms with Gasteiger partial charge in [0, 0.05) is 12.6 Å². The van der Waals surface area contributed by atoms with Gasteiger partial charge in [0.1, 0.15) is 0 Å². The Balaban J connectivity index is 2.49. The summed E-state index contributed by atoms with van der Waals surface area (Å²) < 4.78 is 10.4. The smallest absolute Gasteiger partial charge is 0.273 e. The van der Waals surface area contributed by atoms with Gasteiger partial charge < -0.3 is 20.5 Å². The molecule has 1 heterocycles. The van der Waals surface area contributed by atoms with Gasteiger partial charge in [-0.25, -0.2) is 9.97 Å². The van der Waals surface area contributed by atoms with E-state index in [0.29, 0.717) is 17.2 Å². The zero-order chi connectivity index (χ0) is 15.4. The molecule has 7 heteroatoms. The number of hydrogen-bond acceptors (Lipinski definition) is 6. The van der Waals surface area contributed by atoms with E-state index in [2.05, 4.69) is 15.3 Å². The lowest BCUT2D eigenvalue weighted by Gasteiger charge is -2.10. The van der Waals surface area contributed by atoms with E-state index in [1.807, 2.05) is 0 Å². The lowest BCUT2D eigenvalue weighted by atomic mass is 10.1. The molecule has 0 aliphatic heterocycles. The van der Waals surface area contributed by atoms with Crippen molar-refractivity contribution in [3.05, 3.63) is 30.1 Å². The summed E-state index contributed by atoms with van der Waals surface area (Å²) in [7, 11) is 4.61. The van der Waals surface area contributed by atoms with Crippen LogP contribution in [0, 0.1) is 0 Å². The van der Waals surface area contributed by atoms with Crippen LogP contribution < -0.4 is 20.5 Å². The first-order chi connectivity index (χ1) is 10.1. The third-order valence-electron chi connectivity index (χ3n) is 2.92. The summed E-state index contributed by atoms with van der Waals surface area (Å²) in [5, 5.41) is 2.48. The van der Waals surface area contributed by atoms with Gasteiger partial charge in [0.25, 0.3) is 5.91 Å². The maximum Gasteiger partial charge on any atom is 0.273 e. The largest absolute Gasteiger partial charge is 0.493 e. The molecular formula is C14H16N4O3. The third kappa shape index (κ3) is 2.86. The number of methoxy groups -OCH3 is 2. The molecular weight excluding hydrogens is 272 g/mol. The highest BCUT2D eigenvalue weighted by Gasteiger charge is 2.14. The van der Waals surface area contributed by atoms with Gasteiger partial charge in [-0.05, 0) is 18.2 Å². The van der Waals surface area contributed by atoms with Crippen LogP contribution in [0.25, 0.3) is 11.3 Å². The predicted octanol–water partition coefficient (Wildman–Crippen LogP) is 1.10. The van der Waals surface area contributed by atoms with E-state index in [9.17, 15) is 4.79 Å². The number of amides is 1. The van der Waals surface area contributed by atoms with E-state index in [1.165, 1.54) is 13.2 Å². The lowest BCUT2D eigenvalue weighted by Crippen LogP contribution is -2.21. The van der Waals surface area contributed by atoms with E-state index in [4.69, 9.17) is 15.2 Å². The molecule has 0 bridgehead atoms. The fourth-order valence-corrected chi connectivity index (χ4v) is 1.82. The molecule has 1 amide bonds. The first-order valence-corrected chi connectivity index (χ1v) is 6.17. The van der Waals surface area contributed by atoms with Crippen molar-refractivity contribution in [2.24, 2.45) is 0 Å². The summed E-state index contributed by atoms with van der Waals surface area (Å²) >= 11 is 0. The van der Waals surface area contributed by atoms with Crippen LogP contribution in [-0.4, -0.2) is 37.1 Å². The molecule has 0 radical (unpaired) electrons. The minimum atomic E-state index is -0.387. The number of nitrogens with one attached hydrogen (secondary N) is 1. The number of ether oxygens (including phenoxy) is 2. The van der Waals surface area contributed by atoms with Crippen molar-refractivity contribution in [1.82, 2.24) is 15.3 Å². The first kappa shape index (κ1) is 14.6. The van der Waals surface area contributed by atoms with Gasteiger partial charge in [-0.3, -0.25) is 4.79 Å². The Morgan fingerprint density at radius 2 is 1.95 bits per heavy atom. The van der Waals surface area contributed by atoms with Crippen LogP contribution in [0.15, 0.2) is 24.4 Å². The second kappa shape index (κ2) is 6.08. The van der Waals surface area contributed by atoms with E-state index < -0.39 is 0 Å². The van der Waals surface area contributed by atoms with Gasteiger partial charge in [-0.15, -0.1) is 0 Å². The zero-order valence-corrected chi connectivity index (χ0v) is 12.0. The van der Waals surface area contributed by atoms with E-state index >= 15 is 0 Å². The van der Waals surface area contributed by atoms with Gasteiger partial charge in [0.15, 0.2) is 23.0 Å². The Bertz CT molecular complexity index is 673. The number of nitrogen functional groups attached to an aromatic ring is 1. The van der Waals surface area contributed by atoms with E-state index in [1.54, 1.807) is 32.4 Å². The van der Waals surface area contributed by atoms with Gasteiger partial charge in [-0.2, -0.15) is 0 Å². The molecule has 110 valence electrons. The highest BCUT2D eigenvalue weighted by Crippen LogP contribution is 2.31. The fourth-order valence-electron chi connectivity index (χ4n) is 1.82. The van der Waals surface area contributed by atoms with Crippen molar-refractivity contribution in [3.8, 4) is 22.8 Å². The quantitative estimate of drug-likeness (QED) is 0.874. The molecule has 7 nitrogen and oxygen atoms in total. The van der Waals surface area contributed by atoms with Gasteiger partial charge in [0.05, 0.1) is 26.1 Å². The topological polar surface area (TPSA) is 99.4 Å². The number of anilines is 1. The highest BCUT2D eigenvalue weighted by atomic mass is 16.5. The summed E-state index contributed by atoms with van der Waals surface area (Å²) in [4.78, 5) is 20.0. The lowest BCUT2D eigenvalue weighted by molar-refractivity contribution is 0.0959. The number of hydrogen-bond donors (Lipinski definition) is 2. The number of carbonyl (C=O) groups excluding carboxylic acids is 1. The van der Waals surface area contributed by atoms with Crippen molar-refractivity contribution in [1.29, 1.82) is 0 Å². The first-order valence-electron chi connectivity index (χ1n) is 6.17. The van der Waals surface area contributed by atoms with Crippen molar-refractivity contribution in [3.63, 3.8) is 0 Å². The minimum absolute atomic E-state index is 0.0820. The normalized spacial score (nSPS) is 10.0. The maximum atomic E-state index is 11.7. The minimum Gasteiger partial charge on any atom is -0.493 e. The second-order valence-corrected chi connectivity index (χ2v) is 4.14. The number of aromatic nitrogens is 2. The molecule has 0 unspecified atom stereocenters. The van der Waals surface area contributed by atoms with Crippen molar-refractivity contribution in [2.75, 3.05) is 27.0 Å². The molecule has 21 heavy (non-hydrogen) atoms. The molecule has 0 spiro atoms. The maximum absolute atomic E-state index is 11.7. The van der Waals surface area contributed by atoms with E-state index in [0.717, 1.165) is 5.56 Å². The summed E-state index contributed by atoms with van der Waals surface area (Å²) in [5.74, 6) is 0.868. The number of benzene rings is 1. The Morgan fingerprint density at radius 1 is 1.24 bits per heavy atom. The van der Waals surface area contributed by atoms with Crippen molar-refractivity contribution >= 4 is 11.7 Å². The van der Waals surface area contributed by atoms with Crippen LogP contribution >= 0.6 is 0 Å². The summed E-state index contributed by atoms with van der Waals surface area (Å²) in [6, 6.07) is 5.31. The zero-order valence-electron chi connectivity index (χ0n) is 12.0. The number of nitrogens with two attached hydrogens (primary N) is 1. The van der Waals surface area contributed by atoms with Crippen molar-refractivity contribution < 1.29 is 14.3 Å². The predicted molar refractivity (Wildman–Crippen MR) is 78.4 cm³/mol. The number of nitrogens with zero attached hydrogens (tertiary/aromatic N) is 2. The number of carbonyl (C=O) groups is 1. The van der Waals surface area contributed by atoms with Gasteiger partial charge in [0.2, 0.25) is 0 Å². The molecule has 0 aliphatic rings. The second-order valence-electron chi connectivity index (χ2n) is 4.14. The van der Waals surface area contributed by atoms with Crippen LogP contribution in [0.2, 0.25) is 0 Å². The highest BCUT2D eigenvalue weighted by molar-refractivity contribution is 5.96. The molecule has 1 aromatic carbocycles. The van der Waals surface area contributed by atoms with Crippen LogP contribution in [0.3, 0.4) is 0 Å². The molecule has 0 fully saturated rings. The summed E-state index contributed by atoms with van der Waals surface area (Å²) in [6.07, 6.45) is 1.50. The number of rotatable bonds is 4. The third-order valence-corrected chi connectivity index (χ3v) is 2.92. The van der Waals surface area contributed by atoms with Crippen LogP contribution in [0.1, 0.15) is 10.5 Å². The fraction of sp³-hybridized carbons (Fsp3) is 0.214. The SMILES string of the molecule is CNC(=O)c1nc(-c2ccc(OC)c(OC)c2)cnc1N. The average molecular weight is 288 g/mol. The van der Waals surface area contributed by atoms with E-state index in [-0.39, 0.29) is 17.4 Å². The molecule has 2 aromatic rings. The van der Waals surface area contributed by atoms with Crippen LogP contribution in [0.4, 0.5) is 5.82 Å². The molecule has 0 saturated heterocycles. The molecule has 3 N–H and O–H groups in total. The monoisotopic (exact) mass is 288 g/mol. The molecule has 0 atom stereocenters. The van der Waals surface area contributed by atoms with Crippen LogP contribution in [0.5, 0.6) is 11.5 Å². The van der Waals surface area contributed by atoms with Gasteiger partial charge >= 0.3 is 0 Å². The molecule has 0 aliphatic carbocycles. The summed E-state index contributed by atoms with van der Waals surface area (Å²) in [5.41, 5.74) is 7.01. The molecule has 1 aromatic heterocycles. The Kier molecular flexibility index (Phi) is 4.22.